The topological polar surface area (TPSA) is 20.3 Å². The van der Waals surface area contributed by atoms with E-state index >= 15 is 0 Å². The van der Waals surface area contributed by atoms with Gasteiger partial charge in [-0.25, -0.2) is 0 Å². The van der Waals surface area contributed by atoms with Crippen molar-refractivity contribution in [2.45, 2.75) is 19.4 Å². The van der Waals surface area contributed by atoms with Crippen molar-refractivity contribution >= 4 is 27.4 Å². The molecule has 1 heterocycles. The second kappa shape index (κ2) is 6.27. The predicted molar refractivity (Wildman–Crippen MR) is 88.3 cm³/mol. The van der Waals surface area contributed by atoms with Gasteiger partial charge in [-0.2, -0.15) is 0 Å². The zero-order valence-corrected chi connectivity index (χ0v) is 13.2. The number of amides is 1. The summed E-state index contributed by atoms with van der Waals surface area (Å²) in [6.45, 7) is 0.633. The molecular formula is C18H16BrNO. The van der Waals surface area contributed by atoms with Crippen LogP contribution in [0.5, 0.6) is 0 Å². The molecule has 0 saturated heterocycles. The fourth-order valence-corrected chi connectivity index (χ4v) is 3.09. The molecule has 0 atom stereocenters. The molecule has 2 nitrogen and oxygen atoms in total. The van der Waals surface area contributed by atoms with Crippen molar-refractivity contribution in [3.8, 4) is 0 Å². The first kappa shape index (κ1) is 14.1. The van der Waals surface area contributed by atoms with Crippen molar-refractivity contribution in [1.29, 1.82) is 0 Å². The maximum atomic E-state index is 12.1. The number of hydrogen-bond acceptors (Lipinski definition) is 1. The monoisotopic (exact) mass is 341 g/mol. The molecule has 3 heteroatoms. The lowest BCUT2D eigenvalue weighted by molar-refractivity contribution is -0.129. The third-order valence-corrected chi connectivity index (χ3v) is 4.35. The van der Waals surface area contributed by atoms with E-state index in [1.807, 2.05) is 59.6 Å². The molecule has 0 spiro atoms. The van der Waals surface area contributed by atoms with Gasteiger partial charge in [0.25, 0.3) is 0 Å². The van der Waals surface area contributed by atoms with Gasteiger partial charge < -0.3 is 4.90 Å². The number of carbonyl (C=O) groups is 1. The predicted octanol–water partition coefficient (Wildman–Crippen LogP) is 4.61. The van der Waals surface area contributed by atoms with Gasteiger partial charge in [0.2, 0.25) is 5.91 Å². The maximum Gasteiger partial charge on any atom is 0.227 e. The SMILES string of the molecule is O=C1CCC(c2ccccc2Br)=CN1Cc1ccccc1. The van der Waals surface area contributed by atoms with Crippen molar-refractivity contribution in [2.24, 2.45) is 0 Å². The summed E-state index contributed by atoms with van der Waals surface area (Å²) >= 11 is 3.59. The average molecular weight is 342 g/mol. The Kier molecular flexibility index (Phi) is 4.20. The van der Waals surface area contributed by atoms with E-state index in [1.54, 1.807) is 0 Å². The minimum atomic E-state index is 0.189. The highest BCUT2D eigenvalue weighted by molar-refractivity contribution is 9.10. The Balaban J connectivity index is 1.88. The van der Waals surface area contributed by atoms with Crippen LogP contribution in [0, 0.1) is 0 Å². The summed E-state index contributed by atoms with van der Waals surface area (Å²) in [6, 6.07) is 18.2. The van der Waals surface area contributed by atoms with Crippen molar-refractivity contribution in [3.63, 3.8) is 0 Å². The van der Waals surface area contributed by atoms with E-state index in [-0.39, 0.29) is 5.91 Å². The van der Waals surface area contributed by atoms with Crippen LogP contribution in [0.15, 0.2) is 65.3 Å². The maximum absolute atomic E-state index is 12.1. The largest absolute Gasteiger partial charge is 0.314 e. The smallest absolute Gasteiger partial charge is 0.227 e. The number of allylic oxidation sites excluding steroid dienone is 1. The van der Waals surface area contributed by atoms with E-state index in [2.05, 4.69) is 22.0 Å². The molecule has 0 N–H and O–H groups in total. The molecule has 21 heavy (non-hydrogen) atoms. The molecule has 0 fully saturated rings. The molecule has 0 aromatic heterocycles. The highest BCUT2D eigenvalue weighted by atomic mass is 79.9. The van der Waals surface area contributed by atoms with E-state index in [4.69, 9.17) is 0 Å². The Hall–Kier alpha value is -1.87. The lowest BCUT2D eigenvalue weighted by Gasteiger charge is -2.25. The molecular weight excluding hydrogens is 326 g/mol. The Labute approximate surface area is 133 Å². The van der Waals surface area contributed by atoms with Crippen molar-refractivity contribution in [3.05, 3.63) is 76.4 Å². The Morgan fingerprint density at radius 1 is 0.952 bits per heavy atom. The van der Waals surface area contributed by atoms with Crippen molar-refractivity contribution in [1.82, 2.24) is 4.90 Å². The van der Waals surface area contributed by atoms with Crippen LogP contribution in [-0.4, -0.2) is 10.8 Å². The van der Waals surface area contributed by atoms with E-state index in [0.717, 1.165) is 16.5 Å². The van der Waals surface area contributed by atoms with Gasteiger partial charge in [-0.05, 0) is 29.2 Å². The summed E-state index contributed by atoms with van der Waals surface area (Å²) in [6.07, 6.45) is 3.37. The van der Waals surface area contributed by atoms with Crippen LogP contribution in [0.25, 0.3) is 5.57 Å². The van der Waals surface area contributed by atoms with Gasteiger partial charge in [-0.3, -0.25) is 4.79 Å². The second-order valence-electron chi connectivity index (χ2n) is 5.14. The number of rotatable bonds is 3. The van der Waals surface area contributed by atoms with Gasteiger partial charge in [0.15, 0.2) is 0 Å². The van der Waals surface area contributed by atoms with Gasteiger partial charge in [0.1, 0.15) is 0 Å². The first-order valence-corrected chi connectivity index (χ1v) is 7.82. The number of carbonyl (C=O) groups excluding carboxylic acids is 1. The van der Waals surface area contributed by atoms with Crippen LogP contribution in [0.1, 0.15) is 24.0 Å². The van der Waals surface area contributed by atoms with Gasteiger partial charge in [0.05, 0.1) is 6.54 Å². The molecule has 3 rings (SSSR count). The average Bonchev–Trinajstić information content (AvgIpc) is 2.51. The van der Waals surface area contributed by atoms with Crippen molar-refractivity contribution in [2.75, 3.05) is 0 Å². The fourth-order valence-electron chi connectivity index (χ4n) is 2.55. The highest BCUT2D eigenvalue weighted by Crippen LogP contribution is 2.31. The summed E-state index contributed by atoms with van der Waals surface area (Å²) in [5.74, 6) is 0.189. The Morgan fingerprint density at radius 3 is 2.43 bits per heavy atom. The standard InChI is InChI=1S/C18H16BrNO/c19-17-9-5-4-8-16(17)15-10-11-18(21)20(13-15)12-14-6-2-1-3-7-14/h1-9,13H,10-12H2. The number of halogens is 1. The number of hydrogen-bond donors (Lipinski definition) is 0. The summed E-state index contributed by atoms with van der Waals surface area (Å²) in [5, 5.41) is 0. The molecule has 1 aliphatic rings. The zero-order chi connectivity index (χ0) is 14.7. The highest BCUT2D eigenvalue weighted by Gasteiger charge is 2.20. The van der Waals surface area contributed by atoms with Crippen molar-refractivity contribution < 1.29 is 4.79 Å². The van der Waals surface area contributed by atoms with Crippen LogP contribution >= 0.6 is 15.9 Å². The quantitative estimate of drug-likeness (QED) is 0.798. The number of benzene rings is 2. The lowest BCUT2D eigenvalue weighted by Crippen LogP contribution is -2.28. The van der Waals surface area contributed by atoms with Crippen LogP contribution in [0.3, 0.4) is 0 Å². The van der Waals surface area contributed by atoms with Crippen LogP contribution < -0.4 is 0 Å². The molecule has 106 valence electrons. The molecule has 0 saturated carbocycles. The molecule has 0 aliphatic carbocycles. The van der Waals surface area contributed by atoms with Crippen LogP contribution in [0.4, 0.5) is 0 Å². The Morgan fingerprint density at radius 2 is 1.67 bits per heavy atom. The van der Waals surface area contributed by atoms with Gasteiger partial charge in [-0.1, -0.05) is 64.5 Å². The summed E-state index contributed by atoms with van der Waals surface area (Å²) in [7, 11) is 0. The second-order valence-corrected chi connectivity index (χ2v) is 6.00. The zero-order valence-electron chi connectivity index (χ0n) is 11.6. The van der Waals surface area contributed by atoms with E-state index < -0.39 is 0 Å². The van der Waals surface area contributed by atoms with Gasteiger partial charge in [-0.15, -0.1) is 0 Å². The minimum Gasteiger partial charge on any atom is -0.314 e. The molecule has 0 radical (unpaired) electrons. The van der Waals surface area contributed by atoms with E-state index in [0.29, 0.717) is 13.0 Å². The van der Waals surface area contributed by atoms with Gasteiger partial charge in [0, 0.05) is 17.1 Å². The minimum absolute atomic E-state index is 0.189. The summed E-state index contributed by atoms with van der Waals surface area (Å²) < 4.78 is 1.07. The summed E-state index contributed by atoms with van der Waals surface area (Å²) in [4.78, 5) is 14.0. The third-order valence-electron chi connectivity index (χ3n) is 3.66. The molecule has 2 aromatic carbocycles. The third kappa shape index (κ3) is 3.24. The first-order valence-electron chi connectivity index (χ1n) is 7.03. The molecule has 0 unspecified atom stereocenters. The number of nitrogens with zero attached hydrogens (tertiary/aromatic N) is 1. The normalized spacial score (nSPS) is 15.0. The molecule has 1 amide bonds. The Bertz CT molecular complexity index is 679. The van der Waals surface area contributed by atoms with Gasteiger partial charge >= 0.3 is 0 Å². The summed E-state index contributed by atoms with van der Waals surface area (Å²) in [5.41, 5.74) is 3.52. The molecule has 2 aromatic rings. The first-order chi connectivity index (χ1) is 10.2. The fraction of sp³-hybridized carbons (Fsp3) is 0.167. The lowest BCUT2D eigenvalue weighted by atomic mass is 9.98. The van der Waals surface area contributed by atoms with E-state index in [1.165, 1.54) is 11.1 Å². The van der Waals surface area contributed by atoms with Crippen LogP contribution in [0.2, 0.25) is 0 Å². The molecule has 1 aliphatic heterocycles. The molecule has 0 bridgehead atoms. The van der Waals surface area contributed by atoms with Crippen LogP contribution in [-0.2, 0) is 11.3 Å². The van der Waals surface area contributed by atoms with E-state index in [9.17, 15) is 4.79 Å².